The first kappa shape index (κ1) is 21.4. The van der Waals surface area contributed by atoms with Crippen LogP contribution >= 0.6 is 0 Å². The summed E-state index contributed by atoms with van der Waals surface area (Å²) in [4.78, 5) is 9.66. The van der Waals surface area contributed by atoms with E-state index in [0.717, 1.165) is 49.2 Å². The molecular formula is C23H31N3O3. The quantitative estimate of drug-likeness (QED) is 0.567. The highest BCUT2D eigenvalue weighted by molar-refractivity contribution is 5.67. The lowest BCUT2D eigenvalue weighted by Crippen LogP contribution is -2.29. The van der Waals surface area contributed by atoms with Crippen molar-refractivity contribution >= 4 is 5.57 Å². The Morgan fingerprint density at radius 3 is 2.90 bits per heavy atom. The lowest BCUT2D eigenvalue weighted by atomic mass is 10.1. The third-order valence-corrected chi connectivity index (χ3v) is 4.90. The van der Waals surface area contributed by atoms with Crippen molar-refractivity contribution in [2.75, 3.05) is 33.9 Å². The van der Waals surface area contributed by atoms with E-state index in [2.05, 4.69) is 17.5 Å². The van der Waals surface area contributed by atoms with Crippen LogP contribution in [0.25, 0.3) is 17.0 Å². The van der Waals surface area contributed by atoms with Gasteiger partial charge in [0, 0.05) is 31.5 Å². The van der Waals surface area contributed by atoms with Gasteiger partial charge < -0.3 is 19.9 Å². The number of aromatic nitrogens is 2. The first-order valence-electron chi connectivity index (χ1n) is 10.3. The Morgan fingerprint density at radius 1 is 1.24 bits per heavy atom. The lowest BCUT2D eigenvalue weighted by molar-refractivity contribution is 0.108. The van der Waals surface area contributed by atoms with Gasteiger partial charge >= 0.3 is 0 Å². The number of likely N-dealkylation sites (N-methyl/N-ethyl adjacent to an activating group) is 1. The molecule has 0 saturated heterocycles. The second kappa shape index (κ2) is 11.0. The van der Waals surface area contributed by atoms with Crippen molar-refractivity contribution in [2.45, 2.75) is 38.2 Å². The number of aliphatic hydroxyl groups excluding tert-OH is 1. The summed E-state index contributed by atoms with van der Waals surface area (Å²) in [6.45, 7) is 1.45. The smallest absolute Gasteiger partial charge is 0.160 e. The number of benzene rings is 1. The van der Waals surface area contributed by atoms with Crippen molar-refractivity contribution in [3.05, 3.63) is 47.8 Å². The maximum absolute atomic E-state index is 9.86. The van der Waals surface area contributed by atoms with Crippen molar-refractivity contribution in [3.8, 4) is 17.1 Å². The summed E-state index contributed by atoms with van der Waals surface area (Å²) in [6.07, 6.45) is 6.89. The van der Waals surface area contributed by atoms with Gasteiger partial charge in [-0.3, -0.25) is 0 Å². The van der Waals surface area contributed by atoms with Crippen molar-refractivity contribution < 1.29 is 14.6 Å². The standard InChI is InChI=1S/C23H31N3O3/c1-24-15-20(27)16-29-21-11-5-9-18(13-21)23-25-19(10-6-12-28-2)14-22(26-23)17-7-3-4-8-17/h5,7,9,11,13-14,20,24,27H,3-4,6,8,10,12,15-16H2,1-2H3. The van der Waals surface area contributed by atoms with E-state index in [9.17, 15) is 5.11 Å². The van der Waals surface area contributed by atoms with Gasteiger partial charge in [0.25, 0.3) is 0 Å². The maximum Gasteiger partial charge on any atom is 0.160 e. The van der Waals surface area contributed by atoms with Crippen LogP contribution < -0.4 is 10.1 Å². The molecule has 156 valence electrons. The average Bonchev–Trinajstić information content (AvgIpc) is 3.28. The number of aryl methyl sites for hydroxylation is 1. The van der Waals surface area contributed by atoms with Crippen LogP contribution in [-0.2, 0) is 11.2 Å². The Hall–Kier alpha value is -2.28. The van der Waals surface area contributed by atoms with Crippen LogP contribution in [0.15, 0.2) is 36.4 Å². The van der Waals surface area contributed by atoms with Gasteiger partial charge in [0.15, 0.2) is 5.82 Å². The van der Waals surface area contributed by atoms with Gasteiger partial charge in [-0.05, 0) is 62.9 Å². The van der Waals surface area contributed by atoms with E-state index in [0.29, 0.717) is 18.1 Å². The minimum Gasteiger partial charge on any atom is -0.491 e. The molecule has 1 unspecified atom stereocenters. The zero-order chi connectivity index (χ0) is 20.5. The van der Waals surface area contributed by atoms with E-state index in [1.54, 1.807) is 14.2 Å². The Labute approximate surface area is 173 Å². The van der Waals surface area contributed by atoms with Gasteiger partial charge in [-0.15, -0.1) is 0 Å². The largest absolute Gasteiger partial charge is 0.491 e. The van der Waals surface area contributed by atoms with Gasteiger partial charge in [0.2, 0.25) is 0 Å². The molecule has 29 heavy (non-hydrogen) atoms. The van der Waals surface area contributed by atoms with Crippen molar-refractivity contribution in [1.82, 2.24) is 15.3 Å². The minimum atomic E-state index is -0.551. The third kappa shape index (κ3) is 6.35. The fraction of sp³-hybridized carbons (Fsp3) is 0.478. The number of nitrogens with one attached hydrogen (secondary N) is 1. The first-order valence-corrected chi connectivity index (χ1v) is 10.3. The molecule has 0 fully saturated rings. The minimum absolute atomic E-state index is 0.236. The van der Waals surface area contributed by atoms with Crippen LogP contribution in [-0.4, -0.2) is 55.1 Å². The number of hydrogen-bond donors (Lipinski definition) is 2. The Morgan fingerprint density at radius 2 is 2.14 bits per heavy atom. The summed E-state index contributed by atoms with van der Waals surface area (Å²) in [6, 6.07) is 9.87. The number of ether oxygens (including phenoxy) is 2. The highest BCUT2D eigenvalue weighted by atomic mass is 16.5. The highest BCUT2D eigenvalue weighted by Gasteiger charge is 2.14. The number of hydrogen-bond acceptors (Lipinski definition) is 6. The zero-order valence-corrected chi connectivity index (χ0v) is 17.4. The molecule has 3 rings (SSSR count). The molecule has 6 heteroatoms. The lowest BCUT2D eigenvalue weighted by Gasteiger charge is -2.13. The highest BCUT2D eigenvalue weighted by Crippen LogP contribution is 2.29. The Kier molecular flexibility index (Phi) is 8.16. The van der Waals surface area contributed by atoms with Gasteiger partial charge in [-0.2, -0.15) is 0 Å². The fourth-order valence-corrected chi connectivity index (χ4v) is 3.43. The first-order chi connectivity index (χ1) is 14.2. The molecule has 2 N–H and O–H groups in total. The van der Waals surface area contributed by atoms with E-state index in [-0.39, 0.29) is 6.61 Å². The normalized spacial score (nSPS) is 14.7. The zero-order valence-electron chi connectivity index (χ0n) is 17.4. The molecule has 0 aliphatic heterocycles. The van der Waals surface area contributed by atoms with E-state index in [1.165, 1.54) is 12.0 Å². The summed E-state index contributed by atoms with van der Waals surface area (Å²) in [5.74, 6) is 1.41. The molecule has 6 nitrogen and oxygen atoms in total. The molecule has 0 bridgehead atoms. The van der Waals surface area contributed by atoms with Crippen LogP contribution in [0.3, 0.4) is 0 Å². The van der Waals surface area contributed by atoms with Crippen LogP contribution in [0, 0.1) is 0 Å². The molecule has 0 spiro atoms. The molecule has 1 aliphatic rings. The van der Waals surface area contributed by atoms with Crippen LogP contribution in [0.1, 0.15) is 37.1 Å². The molecule has 1 aromatic carbocycles. The summed E-state index contributed by atoms with van der Waals surface area (Å²) in [7, 11) is 3.53. The van der Waals surface area contributed by atoms with Gasteiger partial charge in [-0.1, -0.05) is 18.2 Å². The third-order valence-electron chi connectivity index (χ3n) is 4.90. The number of allylic oxidation sites excluding steroid dienone is 2. The molecule has 1 aromatic heterocycles. The van der Waals surface area contributed by atoms with Gasteiger partial charge in [0.1, 0.15) is 18.5 Å². The summed E-state index contributed by atoms with van der Waals surface area (Å²) >= 11 is 0. The van der Waals surface area contributed by atoms with Gasteiger partial charge in [-0.25, -0.2) is 9.97 Å². The molecule has 1 aliphatic carbocycles. The SMILES string of the molecule is CNCC(O)COc1cccc(-c2nc(CCCOC)cc(C3=CCCC3)n2)c1. The predicted octanol–water partition coefficient (Wildman–Crippen LogP) is 3.25. The number of methoxy groups -OCH3 is 1. The van der Waals surface area contributed by atoms with Crippen molar-refractivity contribution in [2.24, 2.45) is 0 Å². The van der Waals surface area contributed by atoms with E-state index >= 15 is 0 Å². The molecule has 1 heterocycles. The molecule has 0 saturated carbocycles. The second-order valence-corrected chi connectivity index (χ2v) is 7.34. The second-order valence-electron chi connectivity index (χ2n) is 7.34. The Balaban J connectivity index is 1.83. The topological polar surface area (TPSA) is 76.5 Å². The van der Waals surface area contributed by atoms with E-state index in [1.807, 2.05) is 24.3 Å². The molecular weight excluding hydrogens is 366 g/mol. The van der Waals surface area contributed by atoms with Crippen LogP contribution in [0.5, 0.6) is 5.75 Å². The molecule has 0 amide bonds. The number of rotatable bonds is 11. The molecule has 0 radical (unpaired) electrons. The van der Waals surface area contributed by atoms with Crippen LogP contribution in [0.2, 0.25) is 0 Å². The molecule has 1 atom stereocenters. The van der Waals surface area contributed by atoms with Crippen molar-refractivity contribution in [3.63, 3.8) is 0 Å². The van der Waals surface area contributed by atoms with Gasteiger partial charge in [0.05, 0.1) is 5.69 Å². The van der Waals surface area contributed by atoms with E-state index in [4.69, 9.17) is 19.4 Å². The summed E-state index contributed by atoms with van der Waals surface area (Å²) in [5, 5.41) is 12.8. The number of nitrogens with zero attached hydrogens (tertiary/aromatic N) is 2. The van der Waals surface area contributed by atoms with Crippen molar-refractivity contribution in [1.29, 1.82) is 0 Å². The maximum atomic E-state index is 9.86. The monoisotopic (exact) mass is 397 g/mol. The predicted molar refractivity (Wildman–Crippen MR) is 115 cm³/mol. The number of aliphatic hydroxyl groups is 1. The molecule has 2 aromatic rings. The average molecular weight is 398 g/mol. The van der Waals surface area contributed by atoms with E-state index < -0.39 is 6.10 Å². The Bertz CT molecular complexity index is 823. The fourth-order valence-electron chi connectivity index (χ4n) is 3.43. The summed E-state index contributed by atoms with van der Waals surface area (Å²) in [5.41, 5.74) is 4.28. The van der Waals surface area contributed by atoms with Crippen LogP contribution in [0.4, 0.5) is 0 Å². The summed E-state index contributed by atoms with van der Waals surface area (Å²) < 4.78 is 10.9.